The molecular weight excluding hydrogens is 274 g/mol. The molecule has 3 nitrogen and oxygen atoms in total. The molecule has 4 heteroatoms. The molecular formula is C16H16ClNO2. The number of phenols is 1. The fourth-order valence-electron chi connectivity index (χ4n) is 2.42. The zero-order valence-corrected chi connectivity index (χ0v) is 11.8. The zero-order valence-electron chi connectivity index (χ0n) is 11.1. The molecule has 104 valence electrons. The van der Waals surface area contributed by atoms with Crippen LogP contribution in [0.1, 0.15) is 11.1 Å². The summed E-state index contributed by atoms with van der Waals surface area (Å²) < 4.78 is 5.75. The summed E-state index contributed by atoms with van der Waals surface area (Å²) in [6.45, 7) is 3.20. The van der Waals surface area contributed by atoms with Gasteiger partial charge in [-0.3, -0.25) is 4.90 Å². The van der Waals surface area contributed by atoms with Gasteiger partial charge in [0.15, 0.2) is 0 Å². The molecule has 2 aromatic carbocycles. The molecule has 0 bridgehead atoms. The molecule has 2 aromatic rings. The van der Waals surface area contributed by atoms with Gasteiger partial charge >= 0.3 is 0 Å². The van der Waals surface area contributed by atoms with Crippen LogP contribution < -0.4 is 4.74 Å². The number of para-hydroxylation sites is 1. The minimum atomic E-state index is 0.125. The molecule has 20 heavy (non-hydrogen) atoms. The minimum Gasteiger partial charge on any atom is -0.506 e. The number of rotatable bonds is 2. The smallest absolute Gasteiger partial charge is 0.134 e. The van der Waals surface area contributed by atoms with Crippen LogP contribution in [0.3, 0.4) is 0 Å². The van der Waals surface area contributed by atoms with E-state index >= 15 is 0 Å². The van der Waals surface area contributed by atoms with Crippen LogP contribution >= 0.6 is 11.6 Å². The number of phenolic OH excluding ortho intramolecular Hbond substituents is 1. The second kappa shape index (κ2) is 5.73. The van der Waals surface area contributed by atoms with E-state index in [1.165, 1.54) is 5.56 Å². The molecule has 1 aliphatic rings. The van der Waals surface area contributed by atoms with E-state index in [0.29, 0.717) is 11.6 Å². The quantitative estimate of drug-likeness (QED) is 0.919. The number of hydrogen-bond donors (Lipinski definition) is 1. The van der Waals surface area contributed by atoms with E-state index in [1.54, 1.807) is 6.07 Å². The molecule has 0 aliphatic carbocycles. The van der Waals surface area contributed by atoms with Gasteiger partial charge in [-0.25, -0.2) is 0 Å². The number of nitrogens with zero attached hydrogens (tertiary/aromatic N) is 1. The normalized spacial score (nSPS) is 15.2. The van der Waals surface area contributed by atoms with Crippen molar-refractivity contribution in [2.75, 3.05) is 13.2 Å². The topological polar surface area (TPSA) is 32.7 Å². The Bertz CT molecular complexity index is 615. The van der Waals surface area contributed by atoms with Crippen molar-refractivity contribution >= 4 is 11.6 Å². The first-order valence-electron chi connectivity index (χ1n) is 6.63. The summed E-state index contributed by atoms with van der Waals surface area (Å²) in [5, 5.41) is 9.86. The van der Waals surface area contributed by atoms with Crippen LogP contribution in [0, 0.1) is 0 Å². The molecule has 0 atom stereocenters. The van der Waals surface area contributed by atoms with Crippen molar-refractivity contribution in [3.63, 3.8) is 0 Å². The molecule has 0 spiro atoms. The van der Waals surface area contributed by atoms with Crippen molar-refractivity contribution in [1.82, 2.24) is 4.90 Å². The lowest BCUT2D eigenvalue weighted by atomic mass is 10.1. The summed E-state index contributed by atoms with van der Waals surface area (Å²) in [6, 6.07) is 13.5. The van der Waals surface area contributed by atoms with Crippen molar-refractivity contribution < 1.29 is 9.84 Å². The highest BCUT2D eigenvalue weighted by atomic mass is 35.5. The number of halogens is 1. The third-order valence-electron chi connectivity index (χ3n) is 3.45. The van der Waals surface area contributed by atoms with Crippen LogP contribution in [0.4, 0.5) is 0 Å². The first-order valence-corrected chi connectivity index (χ1v) is 7.00. The zero-order chi connectivity index (χ0) is 13.9. The van der Waals surface area contributed by atoms with Crippen molar-refractivity contribution in [2.45, 2.75) is 13.1 Å². The maximum atomic E-state index is 9.46. The van der Waals surface area contributed by atoms with Gasteiger partial charge < -0.3 is 9.84 Å². The Morgan fingerprint density at radius 2 is 2.05 bits per heavy atom. The van der Waals surface area contributed by atoms with Gasteiger partial charge in [-0.15, -0.1) is 0 Å². The van der Waals surface area contributed by atoms with E-state index in [-0.39, 0.29) is 5.75 Å². The molecule has 0 saturated carbocycles. The number of hydrogen-bond acceptors (Lipinski definition) is 3. The van der Waals surface area contributed by atoms with Crippen molar-refractivity contribution in [3.05, 3.63) is 58.6 Å². The average molecular weight is 290 g/mol. The highest BCUT2D eigenvalue weighted by molar-refractivity contribution is 6.32. The Hall–Kier alpha value is -1.71. The lowest BCUT2D eigenvalue weighted by Gasteiger charge is -2.19. The number of benzene rings is 2. The van der Waals surface area contributed by atoms with Crippen LogP contribution in [0.15, 0.2) is 42.5 Å². The van der Waals surface area contributed by atoms with Gasteiger partial charge in [0, 0.05) is 25.2 Å². The Labute approximate surface area is 123 Å². The third-order valence-corrected chi connectivity index (χ3v) is 3.75. The van der Waals surface area contributed by atoms with Crippen LogP contribution in [0.5, 0.6) is 11.5 Å². The lowest BCUT2D eigenvalue weighted by molar-refractivity contribution is 0.219. The van der Waals surface area contributed by atoms with E-state index in [2.05, 4.69) is 11.0 Å². The van der Waals surface area contributed by atoms with E-state index < -0.39 is 0 Å². The third kappa shape index (κ3) is 2.89. The fraction of sp³-hybridized carbons (Fsp3) is 0.250. The predicted molar refractivity (Wildman–Crippen MR) is 79.2 cm³/mol. The first-order chi connectivity index (χ1) is 9.72. The highest BCUT2D eigenvalue weighted by Crippen LogP contribution is 2.26. The summed E-state index contributed by atoms with van der Waals surface area (Å²) in [6.07, 6.45) is 0. The van der Waals surface area contributed by atoms with Gasteiger partial charge in [0.05, 0.1) is 5.02 Å². The molecule has 0 saturated heterocycles. The van der Waals surface area contributed by atoms with Gasteiger partial charge in [-0.2, -0.15) is 0 Å². The Kier molecular flexibility index (Phi) is 3.81. The van der Waals surface area contributed by atoms with E-state index in [1.807, 2.05) is 30.3 Å². The molecule has 0 aromatic heterocycles. The van der Waals surface area contributed by atoms with Gasteiger partial charge in [0.1, 0.15) is 18.1 Å². The Morgan fingerprint density at radius 1 is 1.20 bits per heavy atom. The monoisotopic (exact) mass is 289 g/mol. The Morgan fingerprint density at radius 3 is 2.90 bits per heavy atom. The van der Waals surface area contributed by atoms with Crippen LogP contribution in [0.25, 0.3) is 0 Å². The van der Waals surface area contributed by atoms with Crippen molar-refractivity contribution in [1.29, 1.82) is 0 Å². The van der Waals surface area contributed by atoms with Gasteiger partial charge in [-0.1, -0.05) is 35.9 Å². The molecule has 0 amide bonds. The molecule has 0 fully saturated rings. The number of ether oxygens (including phenoxy) is 1. The highest BCUT2D eigenvalue weighted by Gasteiger charge is 2.15. The van der Waals surface area contributed by atoms with Gasteiger partial charge in [0.2, 0.25) is 0 Å². The standard InChI is InChI=1S/C16H16ClNO2/c17-14-9-12(5-6-15(14)19)10-18-7-8-20-16-4-2-1-3-13(16)11-18/h1-6,9,19H,7-8,10-11H2. The fourth-order valence-corrected chi connectivity index (χ4v) is 2.62. The summed E-state index contributed by atoms with van der Waals surface area (Å²) in [5.74, 6) is 1.10. The number of aromatic hydroxyl groups is 1. The second-order valence-electron chi connectivity index (χ2n) is 4.95. The molecule has 3 rings (SSSR count). The second-order valence-corrected chi connectivity index (χ2v) is 5.36. The summed E-state index contributed by atoms with van der Waals surface area (Å²) in [4.78, 5) is 2.31. The maximum Gasteiger partial charge on any atom is 0.134 e. The first kappa shape index (κ1) is 13.3. The van der Waals surface area contributed by atoms with Gasteiger partial charge in [0.25, 0.3) is 0 Å². The minimum absolute atomic E-state index is 0.125. The predicted octanol–water partition coefficient (Wildman–Crippen LogP) is 3.44. The van der Waals surface area contributed by atoms with Crippen LogP contribution in [-0.4, -0.2) is 23.2 Å². The molecule has 0 radical (unpaired) electrons. The van der Waals surface area contributed by atoms with Crippen molar-refractivity contribution in [2.24, 2.45) is 0 Å². The van der Waals surface area contributed by atoms with Crippen molar-refractivity contribution in [3.8, 4) is 11.5 Å². The maximum absolute atomic E-state index is 9.46. The summed E-state index contributed by atoms with van der Waals surface area (Å²) >= 11 is 5.95. The van der Waals surface area contributed by atoms with Gasteiger partial charge in [-0.05, 0) is 23.8 Å². The Balaban J connectivity index is 1.76. The molecule has 1 aliphatic heterocycles. The summed E-state index contributed by atoms with van der Waals surface area (Å²) in [7, 11) is 0. The van der Waals surface area contributed by atoms with E-state index in [9.17, 15) is 5.11 Å². The average Bonchev–Trinajstić information content (AvgIpc) is 2.64. The largest absolute Gasteiger partial charge is 0.506 e. The van der Waals surface area contributed by atoms with Crippen LogP contribution in [-0.2, 0) is 13.1 Å². The van der Waals surface area contributed by atoms with E-state index in [0.717, 1.165) is 30.9 Å². The molecule has 1 heterocycles. The molecule has 0 unspecified atom stereocenters. The number of fused-ring (bicyclic) bond motifs is 1. The SMILES string of the molecule is Oc1ccc(CN2CCOc3ccccc3C2)cc1Cl. The lowest BCUT2D eigenvalue weighted by Crippen LogP contribution is -2.25. The molecule has 1 N–H and O–H groups in total. The van der Waals surface area contributed by atoms with Crippen LogP contribution in [0.2, 0.25) is 5.02 Å². The summed E-state index contributed by atoms with van der Waals surface area (Å²) in [5.41, 5.74) is 2.29. The van der Waals surface area contributed by atoms with E-state index in [4.69, 9.17) is 16.3 Å².